The van der Waals surface area contributed by atoms with Gasteiger partial charge < -0.3 is 10.2 Å². The number of rotatable bonds is 3. The number of benzene rings is 1. The van der Waals surface area contributed by atoms with Gasteiger partial charge in [0.15, 0.2) is 0 Å². The van der Waals surface area contributed by atoms with Crippen molar-refractivity contribution in [3.63, 3.8) is 0 Å². The van der Waals surface area contributed by atoms with Crippen LogP contribution in [0.2, 0.25) is 0 Å². The van der Waals surface area contributed by atoms with Crippen molar-refractivity contribution in [1.82, 2.24) is 10.2 Å². The second-order valence-electron chi connectivity index (χ2n) is 3.62. The summed E-state index contributed by atoms with van der Waals surface area (Å²) in [6.07, 6.45) is 3.02. The Bertz CT molecular complexity index is 589. The minimum atomic E-state index is -0.346. The van der Waals surface area contributed by atoms with Crippen LogP contribution in [-0.2, 0) is 4.79 Å². The van der Waals surface area contributed by atoms with Gasteiger partial charge in [0.05, 0.1) is 0 Å². The molecule has 1 heterocycles. The van der Waals surface area contributed by atoms with Gasteiger partial charge in [0.25, 0.3) is 5.91 Å². The number of aryl methyl sites for hydroxylation is 1. The number of nitrogens with one attached hydrogen (secondary N) is 1. The smallest absolute Gasteiger partial charge is 0.322 e. The predicted molar refractivity (Wildman–Crippen MR) is 67.6 cm³/mol. The van der Waals surface area contributed by atoms with E-state index >= 15 is 0 Å². The normalized spacial score (nSPS) is 10.7. The molecule has 3 N–H and O–H groups in total. The van der Waals surface area contributed by atoms with Gasteiger partial charge in [0.1, 0.15) is 0 Å². The highest BCUT2D eigenvalue weighted by Crippen LogP contribution is 2.08. The number of carbonyl (C=O) groups is 1. The van der Waals surface area contributed by atoms with E-state index < -0.39 is 0 Å². The van der Waals surface area contributed by atoms with Crippen LogP contribution in [0.25, 0.3) is 6.08 Å². The van der Waals surface area contributed by atoms with E-state index in [1.807, 2.05) is 12.1 Å². The molecule has 92 valence electrons. The largest absolute Gasteiger partial charge is 0.408 e. The maximum atomic E-state index is 11.5. The first-order chi connectivity index (χ1) is 8.63. The van der Waals surface area contributed by atoms with Gasteiger partial charge in [0.2, 0.25) is 5.89 Å². The zero-order valence-corrected chi connectivity index (χ0v) is 9.75. The van der Waals surface area contributed by atoms with Gasteiger partial charge in [-0.3, -0.25) is 10.1 Å². The maximum absolute atomic E-state index is 11.5. The lowest BCUT2D eigenvalue weighted by Crippen LogP contribution is -2.07. The first kappa shape index (κ1) is 11.8. The lowest BCUT2D eigenvalue weighted by Gasteiger charge is -1.96. The van der Waals surface area contributed by atoms with Gasteiger partial charge in [-0.1, -0.05) is 17.2 Å². The van der Waals surface area contributed by atoms with Gasteiger partial charge in [-0.2, -0.15) is 0 Å². The quantitative estimate of drug-likeness (QED) is 0.632. The van der Waals surface area contributed by atoms with Crippen molar-refractivity contribution in [3.05, 3.63) is 41.8 Å². The molecule has 0 spiro atoms. The fraction of sp³-hybridized carbons (Fsp3) is 0.0833. The van der Waals surface area contributed by atoms with Crippen molar-refractivity contribution in [1.29, 1.82) is 0 Å². The first-order valence-electron chi connectivity index (χ1n) is 5.28. The average molecular weight is 244 g/mol. The highest BCUT2D eigenvalue weighted by atomic mass is 16.4. The molecule has 0 aliphatic heterocycles. The molecule has 18 heavy (non-hydrogen) atoms. The summed E-state index contributed by atoms with van der Waals surface area (Å²) in [5.41, 5.74) is 7.11. The van der Waals surface area contributed by atoms with Crippen LogP contribution in [0.4, 0.5) is 11.7 Å². The third-order valence-corrected chi connectivity index (χ3v) is 2.09. The molecule has 0 aliphatic carbocycles. The van der Waals surface area contributed by atoms with Gasteiger partial charge in [-0.15, -0.1) is 5.10 Å². The van der Waals surface area contributed by atoms with Crippen molar-refractivity contribution < 1.29 is 9.21 Å². The summed E-state index contributed by atoms with van der Waals surface area (Å²) in [6, 6.07) is 7.28. The topological polar surface area (TPSA) is 94.0 Å². The van der Waals surface area contributed by atoms with Crippen molar-refractivity contribution in [2.45, 2.75) is 6.92 Å². The van der Waals surface area contributed by atoms with Crippen LogP contribution < -0.4 is 11.1 Å². The van der Waals surface area contributed by atoms with E-state index in [2.05, 4.69) is 15.5 Å². The lowest BCUT2D eigenvalue weighted by molar-refractivity contribution is -0.112. The zero-order valence-electron chi connectivity index (χ0n) is 9.75. The van der Waals surface area contributed by atoms with Crippen LogP contribution in [0.1, 0.15) is 11.5 Å². The zero-order chi connectivity index (χ0) is 13.0. The SMILES string of the molecule is Cc1nnc(NC(=O)/C=C/c2cccc(N)c2)o1. The van der Waals surface area contributed by atoms with Crippen molar-refractivity contribution >= 4 is 23.7 Å². The summed E-state index contributed by atoms with van der Waals surface area (Å²) in [5, 5.41) is 9.70. The lowest BCUT2D eigenvalue weighted by atomic mass is 10.2. The highest BCUT2D eigenvalue weighted by molar-refractivity contribution is 6.00. The molecule has 0 saturated heterocycles. The average Bonchev–Trinajstić information content (AvgIpc) is 2.72. The Morgan fingerprint density at radius 1 is 1.44 bits per heavy atom. The van der Waals surface area contributed by atoms with E-state index in [4.69, 9.17) is 10.2 Å². The van der Waals surface area contributed by atoms with Crippen molar-refractivity contribution in [2.75, 3.05) is 11.1 Å². The number of anilines is 2. The van der Waals surface area contributed by atoms with Gasteiger partial charge in [-0.05, 0) is 23.8 Å². The van der Waals surface area contributed by atoms with Gasteiger partial charge in [-0.25, -0.2) is 0 Å². The van der Waals surface area contributed by atoms with Crippen molar-refractivity contribution in [3.8, 4) is 0 Å². The molecule has 2 rings (SSSR count). The minimum Gasteiger partial charge on any atom is -0.408 e. The Hall–Kier alpha value is -2.63. The van der Waals surface area contributed by atoms with Gasteiger partial charge >= 0.3 is 6.01 Å². The number of amides is 1. The van der Waals surface area contributed by atoms with Crippen LogP contribution in [-0.4, -0.2) is 16.1 Å². The monoisotopic (exact) mass is 244 g/mol. The van der Waals surface area contributed by atoms with E-state index in [1.165, 1.54) is 6.08 Å². The van der Waals surface area contributed by atoms with Gasteiger partial charge in [0, 0.05) is 18.7 Å². The number of nitrogens with two attached hydrogens (primary N) is 1. The molecular formula is C12H12N4O2. The second kappa shape index (κ2) is 5.13. The number of nitrogens with zero attached hydrogens (tertiary/aromatic N) is 2. The summed E-state index contributed by atoms with van der Waals surface area (Å²) in [6.45, 7) is 1.64. The number of aromatic nitrogens is 2. The Morgan fingerprint density at radius 3 is 2.94 bits per heavy atom. The molecule has 0 radical (unpaired) electrons. The van der Waals surface area contributed by atoms with E-state index in [0.29, 0.717) is 11.6 Å². The molecular weight excluding hydrogens is 232 g/mol. The summed E-state index contributed by atoms with van der Waals surface area (Å²) >= 11 is 0. The Kier molecular flexibility index (Phi) is 3.38. The molecule has 0 atom stereocenters. The Labute approximate surface area is 104 Å². The standard InChI is InChI=1S/C12H12N4O2/c1-8-15-16-12(18-8)14-11(17)6-5-9-3-2-4-10(13)7-9/h2-7H,13H2,1H3,(H,14,16,17)/b6-5+. The first-order valence-corrected chi connectivity index (χ1v) is 5.28. The number of carbonyl (C=O) groups excluding carboxylic acids is 1. The molecule has 1 aromatic carbocycles. The predicted octanol–water partition coefficient (Wildman–Crippen LogP) is 1.61. The third-order valence-electron chi connectivity index (χ3n) is 2.09. The third kappa shape index (κ3) is 3.18. The second-order valence-corrected chi connectivity index (χ2v) is 3.62. The van der Waals surface area contributed by atoms with E-state index in [-0.39, 0.29) is 11.9 Å². The van der Waals surface area contributed by atoms with E-state index in [9.17, 15) is 4.79 Å². The van der Waals surface area contributed by atoms with Crippen LogP contribution >= 0.6 is 0 Å². The number of nitrogen functional groups attached to an aromatic ring is 1. The summed E-state index contributed by atoms with van der Waals surface area (Å²) < 4.78 is 5.02. The van der Waals surface area contributed by atoms with Crippen LogP contribution in [0.3, 0.4) is 0 Å². The molecule has 0 unspecified atom stereocenters. The minimum absolute atomic E-state index is 0.0784. The van der Waals surface area contributed by atoms with E-state index in [0.717, 1.165) is 5.56 Å². The fourth-order valence-corrected chi connectivity index (χ4v) is 1.33. The Balaban J connectivity index is 1.99. The van der Waals surface area contributed by atoms with Crippen LogP contribution in [0, 0.1) is 6.92 Å². The number of hydrogen-bond donors (Lipinski definition) is 2. The molecule has 0 saturated carbocycles. The molecule has 0 fully saturated rings. The molecule has 6 nitrogen and oxygen atoms in total. The fourth-order valence-electron chi connectivity index (χ4n) is 1.33. The molecule has 0 aliphatic rings. The Morgan fingerprint density at radius 2 is 2.28 bits per heavy atom. The summed E-state index contributed by atoms with van der Waals surface area (Å²) in [4.78, 5) is 11.5. The molecule has 0 bridgehead atoms. The van der Waals surface area contributed by atoms with Crippen LogP contribution in [0.5, 0.6) is 0 Å². The van der Waals surface area contributed by atoms with Crippen molar-refractivity contribution in [2.24, 2.45) is 0 Å². The molecule has 1 amide bonds. The highest BCUT2D eigenvalue weighted by Gasteiger charge is 2.04. The van der Waals surface area contributed by atoms with E-state index in [1.54, 1.807) is 25.1 Å². The molecule has 1 aromatic heterocycles. The maximum Gasteiger partial charge on any atom is 0.322 e. The summed E-state index contributed by atoms with van der Waals surface area (Å²) in [5.74, 6) is 0.0474. The molecule has 6 heteroatoms. The summed E-state index contributed by atoms with van der Waals surface area (Å²) in [7, 11) is 0. The molecule has 2 aromatic rings. The number of hydrogen-bond acceptors (Lipinski definition) is 5. The van der Waals surface area contributed by atoms with Crippen LogP contribution in [0.15, 0.2) is 34.8 Å².